The van der Waals surface area contributed by atoms with Crippen molar-refractivity contribution in [2.24, 2.45) is 0 Å². The van der Waals surface area contributed by atoms with E-state index in [0.29, 0.717) is 23.8 Å². The molecule has 0 unspecified atom stereocenters. The van der Waals surface area contributed by atoms with Gasteiger partial charge in [-0.25, -0.2) is 4.79 Å². The highest BCUT2D eigenvalue weighted by atomic mass is 16.5. The molecule has 0 aliphatic carbocycles. The summed E-state index contributed by atoms with van der Waals surface area (Å²) in [6.07, 6.45) is 1.82. The molecule has 3 rings (SSSR count). The van der Waals surface area contributed by atoms with E-state index in [1.54, 1.807) is 19.1 Å². The minimum absolute atomic E-state index is 0.266. The van der Waals surface area contributed by atoms with E-state index in [4.69, 9.17) is 4.52 Å². The molecule has 0 amide bonds. The van der Waals surface area contributed by atoms with Crippen LogP contribution in [0, 0.1) is 6.92 Å². The van der Waals surface area contributed by atoms with E-state index in [2.05, 4.69) is 10.1 Å². The minimum Gasteiger partial charge on any atom is -0.478 e. The van der Waals surface area contributed by atoms with E-state index >= 15 is 0 Å². The van der Waals surface area contributed by atoms with Gasteiger partial charge in [0.25, 0.3) is 0 Å². The fraction of sp³-hybridized carbons (Fsp3) is 0.154. The molecular weight excluding hydrogens is 246 g/mol. The average Bonchev–Trinajstić information content (AvgIpc) is 2.97. The third-order valence-corrected chi connectivity index (χ3v) is 2.90. The number of para-hydroxylation sites is 1. The molecule has 6 heteroatoms. The zero-order chi connectivity index (χ0) is 13.4. The number of hydrogen-bond acceptors (Lipinski definition) is 4. The Morgan fingerprint density at radius 1 is 1.42 bits per heavy atom. The summed E-state index contributed by atoms with van der Waals surface area (Å²) in [6.45, 7) is 2.10. The molecule has 0 spiro atoms. The van der Waals surface area contributed by atoms with Crippen LogP contribution in [0.3, 0.4) is 0 Å². The predicted molar refractivity (Wildman–Crippen MR) is 67.0 cm³/mol. The van der Waals surface area contributed by atoms with Crippen LogP contribution in [0.25, 0.3) is 10.9 Å². The van der Waals surface area contributed by atoms with Crippen molar-refractivity contribution in [1.29, 1.82) is 0 Å². The largest absolute Gasteiger partial charge is 0.478 e. The number of aromatic carboxylic acids is 1. The van der Waals surface area contributed by atoms with Gasteiger partial charge in [-0.15, -0.1) is 0 Å². The van der Waals surface area contributed by atoms with Crippen LogP contribution < -0.4 is 0 Å². The van der Waals surface area contributed by atoms with Crippen LogP contribution in [0.15, 0.2) is 35.0 Å². The summed E-state index contributed by atoms with van der Waals surface area (Å²) in [6, 6.07) is 7.06. The number of benzene rings is 1. The Kier molecular flexibility index (Phi) is 2.56. The highest BCUT2D eigenvalue weighted by Gasteiger charge is 2.13. The number of rotatable bonds is 3. The molecule has 0 bridgehead atoms. The molecule has 1 N–H and O–H groups in total. The van der Waals surface area contributed by atoms with E-state index in [9.17, 15) is 9.90 Å². The molecule has 0 radical (unpaired) electrons. The zero-order valence-electron chi connectivity index (χ0n) is 10.2. The molecule has 0 aliphatic heterocycles. The average molecular weight is 257 g/mol. The van der Waals surface area contributed by atoms with Crippen LogP contribution in [-0.4, -0.2) is 25.8 Å². The molecular formula is C13H11N3O3. The smallest absolute Gasteiger partial charge is 0.337 e. The first-order valence-corrected chi connectivity index (χ1v) is 5.75. The standard InChI is InChI=1S/C13H11N3O3/c1-8-14-11(15-19-8)7-16-6-5-9-3-2-4-10(12(9)16)13(17)18/h2-6H,7H2,1H3,(H,17,18). The van der Waals surface area contributed by atoms with Crippen LogP contribution in [0.1, 0.15) is 22.1 Å². The van der Waals surface area contributed by atoms with Gasteiger partial charge in [-0.05, 0) is 12.1 Å². The van der Waals surface area contributed by atoms with Crippen molar-refractivity contribution in [3.05, 3.63) is 47.7 Å². The summed E-state index contributed by atoms with van der Waals surface area (Å²) in [7, 11) is 0. The molecule has 2 heterocycles. The van der Waals surface area contributed by atoms with Gasteiger partial charge in [0.05, 0.1) is 17.6 Å². The van der Waals surface area contributed by atoms with Crippen molar-refractivity contribution in [2.45, 2.75) is 13.5 Å². The summed E-state index contributed by atoms with van der Waals surface area (Å²) in [5, 5.41) is 13.9. The van der Waals surface area contributed by atoms with Crippen LogP contribution in [0.5, 0.6) is 0 Å². The third-order valence-electron chi connectivity index (χ3n) is 2.90. The second-order valence-corrected chi connectivity index (χ2v) is 4.22. The molecule has 0 aliphatic rings. The lowest BCUT2D eigenvalue weighted by Crippen LogP contribution is -2.05. The van der Waals surface area contributed by atoms with Crippen LogP contribution in [0.4, 0.5) is 0 Å². The fourth-order valence-corrected chi connectivity index (χ4v) is 2.12. The summed E-state index contributed by atoms with van der Waals surface area (Å²) in [5.41, 5.74) is 0.931. The number of aromatic nitrogens is 3. The number of fused-ring (bicyclic) bond motifs is 1. The lowest BCUT2D eigenvalue weighted by Gasteiger charge is -2.04. The predicted octanol–water partition coefficient (Wildman–Crippen LogP) is 2.08. The highest BCUT2D eigenvalue weighted by Crippen LogP contribution is 2.21. The molecule has 2 aromatic heterocycles. The van der Waals surface area contributed by atoms with E-state index in [1.807, 2.05) is 22.9 Å². The SMILES string of the molecule is Cc1nc(Cn2ccc3cccc(C(=O)O)c32)no1. The number of carboxylic acids is 1. The molecule has 3 aromatic rings. The summed E-state index contributed by atoms with van der Waals surface area (Å²) in [5.74, 6) is 0.0648. The maximum absolute atomic E-state index is 11.3. The van der Waals surface area contributed by atoms with E-state index < -0.39 is 5.97 Å². The van der Waals surface area contributed by atoms with Gasteiger partial charge in [-0.3, -0.25) is 0 Å². The van der Waals surface area contributed by atoms with Crippen molar-refractivity contribution < 1.29 is 14.4 Å². The Bertz CT molecular complexity index is 757. The molecule has 0 fully saturated rings. The van der Waals surface area contributed by atoms with Crippen LogP contribution >= 0.6 is 0 Å². The van der Waals surface area contributed by atoms with Gasteiger partial charge < -0.3 is 14.2 Å². The maximum Gasteiger partial charge on any atom is 0.337 e. The van der Waals surface area contributed by atoms with Gasteiger partial charge >= 0.3 is 5.97 Å². The molecule has 1 aromatic carbocycles. The third kappa shape index (κ3) is 1.97. The topological polar surface area (TPSA) is 81.2 Å². The van der Waals surface area contributed by atoms with Gasteiger partial charge in [-0.2, -0.15) is 4.98 Å². The van der Waals surface area contributed by atoms with Crippen molar-refractivity contribution >= 4 is 16.9 Å². The Hall–Kier alpha value is -2.63. The molecule has 19 heavy (non-hydrogen) atoms. The van der Waals surface area contributed by atoms with Gasteiger partial charge in [0.1, 0.15) is 0 Å². The molecule has 96 valence electrons. The van der Waals surface area contributed by atoms with Gasteiger partial charge in [0.15, 0.2) is 5.82 Å². The van der Waals surface area contributed by atoms with Gasteiger partial charge in [0.2, 0.25) is 5.89 Å². The Balaban J connectivity index is 2.11. The minimum atomic E-state index is -0.949. The van der Waals surface area contributed by atoms with Crippen molar-refractivity contribution in [3.63, 3.8) is 0 Å². The van der Waals surface area contributed by atoms with E-state index in [0.717, 1.165) is 5.39 Å². The number of carbonyl (C=O) groups is 1. The van der Waals surface area contributed by atoms with Crippen LogP contribution in [0.2, 0.25) is 0 Å². The Morgan fingerprint density at radius 3 is 2.95 bits per heavy atom. The van der Waals surface area contributed by atoms with Crippen molar-refractivity contribution in [2.75, 3.05) is 0 Å². The Morgan fingerprint density at radius 2 is 2.26 bits per heavy atom. The van der Waals surface area contributed by atoms with Crippen LogP contribution in [-0.2, 0) is 6.54 Å². The van der Waals surface area contributed by atoms with Gasteiger partial charge in [-0.1, -0.05) is 17.3 Å². The normalized spacial score (nSPS) is 11.0. The lowest BCUT2D eigenvalue weighted by molar-refractivity contribution is 0.0698. The zero-order valence-corrected chi connectivity index (χ0v) is 10.2. The van der Waals surface area contributed by atoms with E-state index in [-0.39, 0.29) is 5.56 Å². The fourth-order valence-electron chi connectivity index (χ4n) is 2.12. The number of carboxylic acid groups (broad SMARTS) is 1. The van der Waals surface area contributed by atoms with Crippen molar-refractivity contribution in [3.8, 4) is 0 Å². The highest BCUT2D eigenvalue weighted by molar-refractivity contribution is 6.02. The summed E-state index contributed by atoms with van der Waals surface area (Å²) >= 11 is 0. The number of hydrogen-bond donors (Lipinski definition) is 1. The second-order valence-electron chi connectivity index (χ2n) is 4.22. The Labute approximate surface area is 108 Å². The molecule has 0 atom stereocenters. The molecule has 0 saturated heterocycles. The first-order chi connectivity index (χ1) is 9.15. The lowest BCUT2D eigenvalue weighted by atomic mass is 10.1. The van der Waals surface area contributed by atoms with Crippen molar-refractivity contribution in [1.82, 2.24) is 14.7 Å². The molecule has 6 nitrogen and oxygen atoms in total. The summed E-state index contributed by atoms with van der Waals surface area (Å²) in [4.78, 5) is 15.4. The second kappa shape index (κ2) is 4.24. The first-order valence-electron chi connectivity index (χ1n) is 5.75. The van der Waals surface area contributed by atoms with E-state index in [1.165, 1.54) is 0 Å². The van der Waals surface area contributed by atoms with Gasteiger partial charge in [0, 0.05) is 18.5 Å². The monoisotopic (exact) mass is 257 g/mol. The molecule has 0 saturated carbocycles. The summed E-state index contributed by atoms with van der Waals surface area (Å²) < 4.78 is 6.72. The first kappa shape index (κ1) is 11.5. The quantitative estimate of drug-likeness (QED) is 0.776. The number of aryl methyl sites for hydroxylation is 1. The number of nitrogens with zero attached hydrogens (tertiary/aromatic N) is 3. The maximum atomic E-state index is 11.3.